The van der Waals surface area contributed by atoms with Gasteiger partial charge in [-0.05, 0) is 32.3 Å². The van der Waals surface area contributed by atoms with Crippen molar-refractivity contribution < 1.29 is 13.2 Å². The number of aromatic nitrogens is 2. The van der Waals surface area contributed by atoms with Crippen LogP contribution in [0.4, 0.5) is 0 Å². The Morgan fingerprint density at radius 2 is 1.96 bits per heavy atom. The number of nitrogens with one attached hydrogen (secondary N) is 1. The zero-order valence-corrected chi connectivity index (χ0v) is 16.8. The monoisotopic (exact) mass is 390 g/mol. The Balaban J connectivity index is 1.68. The summed E-state index contributed by atoms with van der Waals surface area (Å²) in [6.07, 6.45) is 2.42. The molecule has 1 aromatic heterocycles. The first-order valence-corrected chi connectivity index (χ1v) is 10.9. The molecule has 1 saturated heterocycles. The van der Waals surface area contributed by atoms with Crippen LogP contribution in [0.3, 0.4) is 0 Å². The van der Waals surface area contributed by atoms with Crippen LogP contribution in [-0.2, 0) is 27.9 Å². The number of nitrogens with zero attached hydrogens (tertiary/aromatic N) is 3. The van der Waals surface area contributed by atoms with Crippen molar-refractivity contribution in [3.05, 3.63) is 52.8 Å². The molecule has 0 aliphatic carbocycles. The van der Waals surface area contributed by atoms with Crippen molar-refractivity contribution in [2.24, 2.45) is 0 Å². The molecule has 3 rings (SSSR count). The summed E-state index contributed by atoms with van der Waals surface area (Å²) in [5, 5.41) is 7.50. The number of benzene rings is 1. The van der Waals surface area contributed by atoms with Gasteiger partial charge >= 0.3 is 0 Å². The molecule has 2 aromatic rings. The van der Waals surface area contributed by atoms with Gasteiger partial charge in [0.25, 0.3) is 0 Å². The highest BCUT2D eigenvalue weighted by atomic mass is 32.2. The predicted octanol–water partition coefficient (Wildman–Crippen LogP) is 1.59. The molecule has 146 valence electrons. The molecule has 0 spiro atoms. The lowest BCUT2D eigenvalue weighted by atomic mass is 10.1. The quantitative estimate of drug-likeness (QED) is 0.812. The van der Waals surface area contributed by atoms with E-state index in [2.05, 4.69) is 22.5 Å². The molecular weight excluding hydrogens is 364 g/mol. The van der Waals surface area contributed by atoms with Crippen LogP contribution in [0.25, 0.3) is 0 Å². The molecule has 1 fully saturated rings. The molecule has 27 heavy (non-hydrogen) atoms. The number of aryl methyl sites for hydroxylation is 1. The lowest BCUT2D eigenvalue weighted by Crippen LogP contribution is -2.45. The Kier molecular flexibility index (Phi) is 5.67. The normalized spacial score (nSPS) is 18.0. The smallest absolute Gasteiger partial charge is 0.238 e. The van der Waals surface area contributed by atoms with Gasteiger partial charge in [0.05, 0.1) is 18.5 Å². The standard InChI is InChI=1S/C19H26N4O3S/c1-14-17(15(2)22(21-14)13-16-8-5-4-6-9-16)12-20-19(24)18-10-7-11-23(18)27(3,25)26/h4-6,8-9,18H,7,10-13H2,1-3H3,(H,20,24). The molecule has 0 radical (unpaired) electrons. The van der Waals surface area contributed by atoms with Gasteiger partial charge in [-0.25, -0.2) is 8.42 Å². The lowest BCUT2D eigenvalue weighted by molar-refractivity contribution is -0.124. The Hall–Kier alpha value is -2.19. The highest BCUT2D eigenvalue weighted by Gasteiger charge is 2.36. The Morgan fingerprint density at radius 3 is 2.63 bits per heavy atom. The summed E-state index contributed by atoms with van der Waals surface area (Å²) in [4.78, 5) is 12.6. The van der Waals surface area contributed by atoms with Crippen LogP contribution >= 0.6 is 0 Å². The van der Waals surface area contributed by atoms with E-state index < -0.39 is 16.1 Å². The molecule has 1 atom stereocenters. The molecule has 1 N–H and O–H groups in total. The van der Waals surface area contributed by atoms with E-state index in [0.29, 0.717) is 32.5 Å². The number of hydrogen-bond acceptors (Lipinski definition) is 4. The molecule has 0 saturated carbocycles. The van der Waals surface area contributed by atoms with Gasteiger partial charge in [-0.1, -0.05) is 30.3 Å². The summed E-state index contributed by atoms with van der Waals surface area (Å²) in [7, 11) is -3.37. The first-order valence-electron chi connectivity index (χ1n) is 9.08. The largest absolute Gasteiger partial charge is 0.350 e. The van der Waals surface area contributed by atoms with Crippen LogP contribution < -0.4 is 5.32 Å². The number of hydrogen-bond donors (Lipinski definition) is 1. The molecular formula is C19H26N4O3S. The van der Waals surface area contributed by atoms with E-state index in [-0.39, 0.29) is 5.91 Å². The van der Waals surface area contributed by atoms with E-state index in [4.69, 9.17) is 0 Å². The fourth-order valence-electron chi connectivity index (χ4n) is 3.59. The van der Waals surface area contributed by atoms with Crippen LogP contribution in [0, 0.1) is 13.8 Å². The number of sulfonamides is 1. The van der Waals surface area contributed by atoms with E-state index in [1.807, 2.05) is 36.7 Å². The van der Waals surface area contributed by atoms with Gasteiger partial charge < -0.3 is 5.32 Å². The Bertz CT molecular complexity index is 922. The van der Waals surface area contributed by atoms with Crippen molar-refractivity contribution in [1.82, 2.24) is 19.4 Å². The third-order valence-electron chi connectivity index (χ3n) is 5.08. The van der Waals surface area contributed by atoms with E-state index in [1.165, 1.54) is 4.31 Å². The van der Waals surface area contributed by atoms with E-state index in [9.17, 15) is 13.2 Å². The predicted molar refractivity (Wildman–Crippen MR) is 104 cm³/mol. The number of amides is 1. The van der Waals surface area contributed by atoms with Gasteiger partial charge in [0.2, 0.25) is 15.9 Å². The lowest BCUT2D eigenvalue weighted by Gasteiger charge is -2.21. The van der Waals surface area contributed by atoms with Crippen molar-refractivity contribution in [1.29, 1.82) is 0 Å². The molecule has 1 aromatic carbocycles. The Morgan fingerprint density at radius 1 is 1.26 bits per heavy atom. The average molecular weight is 391 g/mol. The Labute approximate surface area is 160 Å². The minimum atomic E-state index is -3.37. The van der Waals surface area contributed by atoms with Crippen molar-refractivity contribution in [3.63, 3.8) is 0 Å². The molecule has 1 unspecified atom stereocenters. The third-order valence-corrected chi connectivity index (χ3v) is 6.37. The highest BCUT2D eigenvalue weighted by Crippen LogP contribution is 2.21. The summed E-state index contributed by atoms with van der Waals surface area (Å²) >= 11 is 0. The fraction of sp³-hybridized carbons (Fsp3) is 0.474. The zero-order valence-electron chi connectivity index (χ0n) is 16.0. The van der Waals surface area contributed by atoms with E-state index >= 15 is 0 Å². The number of carbonyl (C=O) groups is 1. The highest BCUT2D eigenvalue weighted by molar-refractivity contribution is 7.88. The maximum Gasteiger partial charge on any atom is 0.238 e. The maximum atomic E-state index is 12.6. The van der Waals surface area contributed by atoms with Gasteiger partial charge in [-0.15, -0.1) is 0 Å². The van der Waals surface area contributed by atoms with Gasteiger partial charge in [0, 0.05) is 24.3 Å². The minimum absolute atomic E-state index is 0.243. The van der Waals surface area contributed by atoms with E-state index in [1.54, 1.807) is 0 Å². The molecule has 1 aliphatic heterocycles. The first-order chi connectivity index (χ1) is 12.8. The second-order valence-corrected chi connectivity index (χ2v) is 8.98. The third kappa shape index (κ3) is 4.39. The topological polar surface area (TPSA) is 84.3 Å². The van der Waals surface area contributed by atoms with Crippen LogP contribution in [-0.4, -0.2) is 47.3 Å². The molecule has 7 nitrogen and oxygen atoms in total. The molecule has 0 bridgehead atoms. The van der Waals surface area contributed by atoms with E-state index in [0.717, 1.165) is 28.8 Å². The minimum Gasteiger partial charge on any atom is -0.350 e. The molecule has 2 heterocycles. The summed E-state index contributed by atoms with van der Waals surface area (Å²) in [6, 6.07) is 9.47. The van der Waals surface area contributed by atoms with Crippen molar-refractivity contribution in [2.75, 3.05) is 12.8 Å². The van der Waals surface area contributed by atoms with Gasteiger partial charge in [-0.3, -0.25) is 9.48 Å². The molecule has 8 heteroatoms. The number of rotatable bonds is 6. The first kappa shape index (κ1) is 19.6. The van der Waals surface area contributed by atoms with Gasteiger partial charge in [0.15, 0.2) is 0 Å². The van der Waals surface area contributed by atoms with Crippen LogP contribution in [0.15, 0.2) is 30.3 Å². The zero-order chi connectivity index (χ0) is 19.6. The van der Waals surface area contributed by atoms with Gasteiger partial charge in [0.1, 0.15) is 6.04 Å². The molecule has 1 aliphatic rings. The van der Waals surface area contributed by atoms with Crippen molar-refractivity contribution in [3.8, 4) is 0 Å². The van der Waals surface area contributed by atoms with Crippen molar-refractivity contribution in [2.45, 2.75) is 45.8 Å². The van der Waals surface area contributed by atoms with Crippen LogP contribution in [0.2, 0.25) is 0 Å². The maximum absolute atomic E-state index is 12.6. The van der Waals surface area contributed by atoms with Gasteiger partial charge in [-0.2, -0.15) is 9.40 Å². The average Bonchev–Trinajstić information content (AvgIpc) is 3.20. The SMILES string of the molecule is Cc1nn(Cc2ccccc2)c(C)c1CNC(=O)C1CCCN1S(C)(=O)=O. The van der Waals surface area contributed by atoms with Crippen molar-refractivity contribution >= 4 is 15.9 Å². The number of carbonyl (C=O) groups excluding carboxylic acids is 1. The summed E-state index contributed by atoms with van der Waals surface area (Å²) in [5.41, 5.74) is 4.01. The van der Waals surface area contributed by atoms with Crippen LogP contribution in [0.1, 0.15) is 35.4 Å². The second-order valence-electron chi connectivity index (χ2n) is 7.04. The molecule has 1 amide bonds. The fourth-order valence-corrected chi connectivity index (χ4v) is 4.72. The van der Waals surface area contributed by atoms with Crippen LogP contribution in [0.5, 0.6) is 0 Å². The summed E-state index contributed by atoms with van der Waals surface area (Å²) < 4.78 is 26.9. The second kappa shape index (κ2) is 7.82. The summed E-state index contributed by atoms with van der Waals surface area (Å²) in [6.45, 7) is 5.34. The summed E-state index contributed by atoms with van der Waals surface area (Å²) in [5.74, 6) is -0.243.